The summed E-state index contributed by atoms with van der Waals surface area (Å²) in [5.41, 5.74) is 2.45. The van der Waals surface area contributed by atoms with Crippen LogP contribution in [-0.2, 0) is 6.54 Å². The fraction of sp³-hybridized carbons (Fsp3) is 0.706. The molecule has 0 spiro atoms. The Morgan fingerprint density at radius 1 is 1.33 bits per heavy atom. The van der Waals surface area contributed by atoms with Gasteiger partial charge in [0.15, 0.2) is 0 Å². The van der Waals surface area contributed by atoms with Crippen molar-refractivity contribution in [3.05, 3.63) is 23.4 Å². The number of hydrogen-bond donors (Lipinski definition) is 1. The standard InChI is InChI=1S/C17H30N4/c1-6-21(14(3)12-20(4)5)17-10-15(9-13(2)19-17)11-18-16-7-8-16/h9-10,14,16,18H,6-8,11-12H2,1-5H3. The SMILES string of the molecule is CCN(c1cc(CNC2CC2)cc(C)n1)C(C)CN(C)C. The molecule has 4 heteroatoms. The Bertz CT molecular complexity index is 454. The number of nitrogens with one attached hydrogen (secondary N) is 1. The van der Waals surface area contributed by atoms with E-state index in [1.807, 2.05) is 0 Å². The molecule has 1 aromatic rings. The zero-order valence-corrected chi connectivity index (χ0v) is 14.2. The lowest BCUT2D eigenvalue weighted by Gasteiger charge is -2.31. The second-order valence-corrected chi connectivity index (χ2v) is 6.53. The highest BCUT2D eigenvalue weighted by molar-refractivity contribution is 5.43. The number of aromatic nitrogens is 1. The number of nitrogens with zero attached hydrogens (tertiary/aromatic N) is 3. The molecule has 1 aliphatic carbocycles. The minimum absolute atomic E-state index is 0.462. The molecule has 21 heavy (non-hydrogen) atoms. The Morgan fingerprint density at radius 3 is 2.62 bits per heavy atom. The third-order valence-corrected chi connectivity index (χ3v) is 3.97. The number of pyridine rings is 1. The van der Waals surface area contributed by atoms with Gasteiger partial charge in [0.25, 0.3) is 0 Å². The summed E-state index contributed by atoms with van der Waals surface area (Å²) in [7, 11) is 4.25. The summed E-state index contributed by atoms with van der Waals surface area (Å²) >= 11 is 0. The molecule has 0 bridgehead atoms. The van der Waals surface area contributed by atoms with Crippen molar-refractivity contribution < 1.29 is 0 Å². The Kier molecular flexibility index (Phi) is 5.59. The van der Waals surface area contributed by atoms with Crippen LogP contribution in [-0.4, -0.2) is 49.2 Å². The molecule has 1 aliphatic rings. The molecular formula is C17H30N4. The van der Waals surface area contributed by atoms with Crippen LogP contribution < -0.4 is 10.2 Å². The quantitative estimate of drug-likeness (QED) is 0.797. The maximum Gasteiger partial charge on any atom is 0.129 e. The predicted octanol–water partition coefficient (Wildman–Crippen LogP) is 2.42. The van der Waals surface area contributed by atoms with Gasteiger partial charge in [0.05, 0.1) is 0 Å². The molecule has 0 aromatic carbocycles. The van der Waals surface area contributed by atoms with Gasteiger partial charge in [0.2, 0.25) is 0 Å². The fourth-order valence-electron chi connectivity index (χ4n) is 2.85. The molecule has 2 rings (SSSR count). The first-order valence-corrected chi connectivity index (χ1v) is 8.12. The number of likely N-dealkylation sites (N-methyl/N-ethyl adjacent to an activating group) is 2. The van der Waals surface area contributed by atoms with Crippen molar-refractivity contribution in [1.29, 1.82) is 0 Å². The van der Waals surface area contributed by atoms with E-state index in [2.05, 4.69) is 62.1 Å². The molecule has 1 aromatic heterocycles. The first-order valence-electron chi connectivity index (χ1n) is 8.12. The Labute approximate surface area is 129 Å². The van der Waals surface area contributed by atoms with Crippen molar-refractivity contribution >= 4 is 5.82 Å². The molecule has 0 aliphatic heterocycles. The third-order valence-electron chi connectivity index (χ3n) is 3.97. The van der Waals surface area contributed by atoms with Gasteiger partial charge in [0, 0.05) is 37.4 Å². The molecule has 0 amide bonds. The molecule has 118 valence electrons. The van der Waals surface area contributed by atoms with Gasteiger partial charge in [-0.3, -0.25) is 0 Å². The lowest BCUT2D eigenvalue weighted by atomic mass is 10.2. The predicted molar refractivity (Wildman–Crippen MR) is 89.9 cm³/mol. The monoisotopic (exact) mass is 290 g/mol. The van der Waals surface area contributed by atoms with Crippen molar-refractivity contribution in [3.8, 4) is 0 Å². The lowest BCUT2D eigenvalue weighted by Crippen LogP contribution is -2.40. The van der Waals surface area contributed by atoms with Crippen molar-refractivity contribution in [2.75, 3.05) is 32.1 Å². The van der Waals surface area contributed by atoms with E-state index < -0.39 is 0 Å². The molecule has 1 saturated carbocycles. The van der Waals surface area contributed by atoms with E-state index in [0.717, 1.165) is 37.2 Å². The number of hydrogen-bond acceptors (Lipinski definition) is 4. The van der Waals surface area contributed by atoms with E-state index in [9.17, 15) is 0 Å². The largest absolute Gasteiger partial charge is 0.353 e. The van der Waals surface area contributed by atoms with Crippen LogP contribution in [0.1, 0.15) is 37.9 Å². The zero-order chi connectivity index (χ0) is 15.4. The Balaban J connectivity index is 2.10. The van der Waals surface area contributed by atoms with Crippen LogP contribution in [0, 0.1) is 6.92 Å². The molecule has 1 N–H and O–H groups in total. The van der Waals surface area contributed by atoms with E-state index in [4.69, 9.17) is 4.98 Å². The second kappa shape index (κ2) is 7.23. The van der Waals surface area contributed by atoms with Crippen molar-refractivity contribution in [2.45, 2.75) is 52.2 Å². The molecule has 0 saturated heterocycles. The zero-order valence-electron chi connectivity index (χ0n) is 14.2. The van der Waals surface area contributed by atoms with Crippen LogP contribution in [0.3, 0.4) is 0 Å². The van der Waals surface area contributed by atoms with Gasteiger partial charge in [-0.05, 0) is 65.4 Å². The van der Waals surface area contributed by atoms with Gasteiger partial charge in [-0.15, -0.1) is 0 Å². The lowest BCUT2D eigenvalue weighted by molar-refractivity contribution is 0.372. The number of aryl methyl sites for hydroxylation is 1. The van der Waals surface area contributed by atoms with Gasteiger partial charge in [-0.25, -0.2) is 4.98 Å². The first kappa shape index (κ1) is 16.2. The summed E-state index contributed by atoms with van der Waals surface area (Å²) in [6.45, 7) is 9.56. The smallest absolute Gasteiger partial charge is 0.129 e. The molecule has 0 radical (unpaired) electrons. The van der Waals surface area contributed by atoms with Crippen LogP contribution in [0.25, 0.3) is 0 Å². The van der Waals surface area contributed by atoms with E-state index in [-0.39, 0.29) is 0 Å². The first-order chi connectivity index (χ1) is 9.99. The van der Waals surface area contributed by atoms with Crippen molar-refractivity contribution in [3.63, 3.8) is 0 Å². The van der Waals surface area contributed by atoms with Crippen LogP contribution in [0.5, 0.6) is 0 Å². The topological polar surface area (TPSA) is 31.4 Å². The summed E-state index contributed by atoms with van der Waals surface area (Å²) in [6.07, 6.45) is 2.66. The van der Waals surface area contributed by atoms with E-state index in [1.165, 1.54) is 18.4 Å². The summed E-state index contributed by atoms with van der Waals surface area (Å²) in [6, 6.07) is 5.65. The van der Waals surface area contributed by atoms with Crippen LogP contribution in [0.2, 0.25) is 0 Å². The highest BCUT2D eigenvalue weighted by atomic mass is 15.2. The summed E-state index contributed by atoms with van der Waals surface area (Å²) < 4.78 is 0. The molecule has 1 unspecified atom stereocenters. The number of anilines is 1. The minimum Gasteiger partial charge on any atom is -0.353 e. The highest BCUT2D eigenvalue weighted by Gasteiger charge is 2.20. The summed E-state index contributed by atoms with van der Waals surface area (Å²) in [4.78, 5) is 9.39. The third kappa shape index (κ3) is 4.97. The summed E-state index contributed by atoms with van der Waals surface area (Å²) in [5.74, 6) is 1.11. The maximum atomic E-state index is 4.76. The van der Waals surface area contributed by atoms with Crippen molar-refractivity contribution in [1.82, 2.24) is 15.2 Å². The molecule has 1 atom stereocenters. The van der Waals surface area contributed by atoms with Crippen LogP contribution in [0.4, 0.5) is 5.82 Å². The number of rotatable bonds is 8. The van der Waals surface area contributed by atoms with Gasteiger partial charge in [0.1, 0.15) is 5.82 Å². The molecule has 4 nitrogen and oxygen atoms in total. The van der Waals surface area contributed by atoms with Gasteiger partial charge < -0.3 is 15.1 Å². The highest BCUT2D eigenvalue weighted by Crippen LogP contribution is 2.21. The Hall–Kier alpha value is -1.13. The average molecular weight is 290 g/mol. The Morgan fingerprint density at radius 2 is 2.05 bits per heavy atom. The average Bonchev–Trinajstić information content (AvgIpc) is 3.19. The van der Waals surface area contributed by atoms with Crippen molar-refractivity contribution in [2.24, 2.45) is 0 Å². The second-order valence-electron chi connectivity index (χ2n) is 6.53. The molecule has 1 heterocycles. The minimum atomic E-state index is 0.462. The van der Waals surface area contributed by atoms with Gasteiger partial charge >= 0.3 is 0 Å². The molecular weight excluding hydrogens is 260 g/mol. The van der Waals surface area contributed by atoms with Crippen LogP contribution >= 0.6 is 0 Å². The van der Waals surface area contributed by atoms with E-state index >= 15 is 0 Å². The van der Waals surface area contributed by atoms with Gasteiger partial charge in [-0.1, -0.05) is 0 Å². The van der Waals surface area contributed by atoms with Gasteiger partial charge in [-0.2, -0.15) is 0 Å². The fourth-order valence-corrected chi connectivity index (χ4v) is 2.85. The van der Waals surface area contributed by atoms with E-state index in [0.29, 0.717) is 6.04 Å². The molecule has 1 fully saturated rings. The maximum absolute atomic E-state index is 4.76. The van der Waals surface area contributed by atoms with E-state index in [1.54, 1.807) is 0 Å². The normalized spacial score (nSPS) is 16.3. The summed E-state index contributed by atoms with van der Waals surface area (Å²) in [5, 5.41) is 3.59. The van der Waals surface area contributed by atoms with Crippen LogP contribution in [0.15, 0.2) is 12.1 Å².